The average Bonchev–Trinajstić information content (AvgIpc) is 3.74. The Kier molecular flexibility index (Phi) is 5.34. The van der Waals surface area contributed by atoms with Crippen LogP contribution in [0.2, 0.25) is 0 Å². The van der Waals surface area contributed by atoms with Gasteiger partial charge in [0.15, 0.2) is 5.82 Å². The van der Waals surface area contributed by atoms with Gasteiger partial charge in [-0.05, 0) is 66.0 Å². The molecule has 6 rings (SSSR count). The Hall–Kier alpha value is -4.32. The molecule has 0 saturated heterocycles. The molecule has 1 fully saturated rings. The number of anilines is 2. The third kappa shape index (κ3) is 4.30. The minimum atomic E-state index is -0.971. The van der Waals surface area contributed by atoms with Gasteiger partial charge in [0.2, 0.25) is 0 Å². The summed E-state index contributed by atoms with van der Waals surface area (Å²) in [6, 6.07) is 17.8. The van der Waals surface area contributed by atoms with Crippen molar-refractivity contribution in [2.75, 3.05) is 5.32 Å². The molecule has 6 heteroatoms. The van der Waals surface area contributed by atoms with E-state index < -0.39 is 6.17 Å². The first-order valence-corrected chi connectivity index (χ1v) is 11.7. The van der Waals surface area contributed by atoms with Gasteiger partial charge < -0.3 is 11.1 Å². The number of aromatic nitrogens is 3. The lowest BCUT2D eigenvalue weighted by Gasteiger charge is -2.16. The van der Waals surface area contributed by atoms with Crippen LogP contribution in [0.3, 0.4) is 0 Å². The molecule has 0 amide bonds. The number of nitrogens with zero attached hydrogens (tertiary/aromatic N) is 3. The number of allylic oxidation sites excluding steroid dienone is 5. The number of hydrogen-bond donors (Lipinski definition) is 2. The third-order valence-corrected chi connectivity index (χ3v) is 6.32. The van der Waals surface area contributed by atoms with Crippen molar-refractivity contribution in [1.29, 1.82) is 0 Å². The molecule has 172 valence electrons. The maximum atomic E-state index is 14.0. The van der Waals surface area contributed by atoms with Gasteiger partial charge in [-0.15, -0.1) is 0 Å². The molecule has 4 aromatic rings. The molecular formula is C29H24FN5. The minimum absolute atomic E-state index is 0.414. The largest absolute Gasteiger partial charge is 0.398 e. The Morgan fingerprint density at radius 2 is 1.89 bits per heavy atom. The van der Waals surface area contributed by atoms with Crippen LogP contribution < -0.4 is 11.1 Å². The lowest BCUT2D eigenvalue weighted by atomic mass is 9.97. The van der Waals surface area contributed by atoms with E-state index >= 15 is 0 Å². The van der Waals surface area contributed by atoms with Crippen LogP contribution in [-0.4, -0.2) is 21.1 Å². The zero-order valence-corrected chi connectivity index (χ0v) is 19.1. The maximum absolute atomic E-state index is 14.0. The monoisotopic (exact) mass is 461 g/mol. The number of halogens is 1. The molecule has 2 aromatic carbocycles. The van der Waals surface area contributed by atoms with Crippen molar-refractivity contribution in [3.05, 3.63) is 102 Å². The third-order valence-electron chi connectivity index (χ3n) is 6.32. The van der Waals surface area contributed by atoms with Gasteiger partial charge in [0.05, 0.1) is 5.52 Å². The van der Waals surface area contributed by atoms with E-state index in [-0.39, 0.29) is 0 Å². The Bertz CT molecular complexity index is 1520. The van der Waals surface area contributed by atoms with Crippen LogP contribution in [0, 0.1) is 0 Å². The molecule has 2 aromatic heterocycles. The summed E-state index contributed by atoms with van der Waals surface area (Å²) in [4.78, 5) is 14.0. The molecular weight excluding hydrogens is 437 g/mol. The smallest absolute Gasteiger partial charge is 0.163 e. The summed E-state index contributed by atoms with van der Waals surface area (Å²) in [7, 11) is 0. The van der Waals surface area contributed by atoms with Gasteiger partial charge in [0.25, 0.3) is 0 Å². The highest BCUT2D eigenvalue weighted by molar-refractivity contribution is 5.96. The number of alkyl halides is 1. The second-order valence-corrected chi connectivity index (χ2v) is 8.83. The van der Waals surface area contributed by atoms with E-state index in [1.54, 1.807) is 18.5 Å². The first kappa shape index (κ1) is 21.2. The highest BCUT2D eigenvalue weighted by atomic mass is 19.1. The summed E-state index contributed by atoms with van der Waals surface area (Å²) in [5, 5.41) is 4.39. The summed E-state index contributed by atoms with van der Waals surface area (Å²) >= 11 is 0. The highest BCUT2D eigenvalue weighted by Crippen LogP contribution is 2.37. The summed E-state index contributed by atoms with van der Waals surface area (Å²) in [5.41, 5.74) is 13.8. The van der Waals surface area contributed by atoms with E-state index in [1.165, 1.54) is 5.57 Å². The van der Waals surface area contributed by atoms with Gasteiger partial charge in [-0.25, -0.2) is 14.4 Å². The molecule has 2 aliphatic rings. The lowest BCUT2D eigenvalue weighted by molar-refractivity contribution is 0.403. The number of para-hydroxylation sites is 1. The minimum Gasteiger partial charge on any atom is -0.398 e. The standard InChI is InChI=1S/C29H24FN5/c30-22-7-3-5-19(15-22)20-12-13-24-26(16-20)34-28(21-6-4-14-32-17-21)35-29(24)33-25-9-2-1-8-23(25)27(31)18-10-11-18/h1-6,8-9,12-17,22H,7,10-11,31H2,(H,33,34,35). The van der Waals surface area contributed by atoms with Crippen molar-refractivity contribution in [2.45, 2.75) is 25.4 Å². The summed E-state index contributed by atoms with van der Waals surface area (Å²) in [6.07, 6.45) is 10.5. The van der Waals surface area contributed by atoms with Crippen LogP contribution in [0.5, 0.6) is 0 Å². The molecule has 3 N–H and O–H groups in total. The number of rotatable bonds is 5. The van der Waals surface area contributed by atoms with E-state index in [0.717, 1.165) is 57.4 Å². The predicted octanol–water partition coefficient (Wildman–Crippen LogP) is 6.58. The second-order valence-electron chi connectivity index (χ2n) is 8.83. The number of pyridine rings is 1. The van der Waals surface area contributed by atoms with Crippen LogP contribution in [0.1, 0.15) is 30.4 Å². The molecule has 0 bridgehead atoms. The van der Waals surface area contributed by atoms with Crippen LogP contribution in [0.15, 0.2) is 90.8 Å². The number of nitrogens with two attached hydrogens (primary N) is 1. The van der Waals surface area contributed by atoms with E-state index in [2.05, 4.69) is 10.3 Å². The molecule has 5 nitrogen and oxygen atoms in total. The number of hydrogen-bond acceptors (Lipinski definition) is 5. The normalized spacial score (nSPS) is 16.8. The molecule has 0 spiro atoms. The van der Waals surface area contributed by atoms with Crippen LogP contribution >= 0.6 is 0 Å². The van der Waals surface area contributed by atoms with Gasteiger partial charge in [0, 0.05) is 46.7 Å². The molecule has 2 heterocycles. The van der Waals surface area contributed by atoms with Crippen molar-refractivity contribution < 1.29 is 4.39 Å². The van der Waals surface area contributed by atoms with E-state index in [0.29, 0.717) is 18.1 Å². The molecule has 1 saturated carbocycles. The van der Waals surface area contributed by atoms with Crippen molar-refractivity contribution >= 4 is 33.7 Å². The van der Waals surface area contributed by atoms with Gasteiger partial charge in [-0.1, -0.05) is 36.4 Å². The van der Waals surface area contributed by atoms with Crippen molar-refractivity contribution in [2.24, 2.45) is 5.73 Å². The first-order chi connectivity index (χ1) is 17.2. The van der Waals surface area contributed by atoms with Crippen molar-refractivity contribution in [3.63, 3.8) is 0 Å². The fourth-order valence-electron chi connectivity index (χ4n) is 4.34. The zero-order valence-electron chi connectivity index (χ0n) is 19.1. The fourth-order valence-corrected chi connectivity index (χ4v) is 4.34. The Morgan fingerprint density at radius 1 is 1.00 bits per heavy atom. The van der Waals surface area contributed by atoms with Gasteiger partial charge in [-0.2, -0.15) is 0 Å². The lowest BCUT2D eigenvalue weighted by Crippen LogP contribution is -2.05. The molecule has 35 heavy (non-hydrogen) atoms. The maximum Gasteiger partial charge on any atom is 0.163 e. The number of fused-ring (bicyclic) bond motifs is 1. The van der Waals surface area contributed by atoms with Gasteiger partial charge >= 0.3 is 0 Å². The second kappa shape index (κ2) is 8.80. The summed E-state index contributed by atoms with van der Waals surface area (Å²) in [5.74, 6) is 1.24. The summed E-state index contributed by atoms with van der Waals surface area (Å²) < 4.78 is 14.0. The molecule has 2 aliphatic carbocycles. The quantitative estimate of drug-likeness (QED) is 0.351. The van der Waals surface area contributed by atoms with E-state index in [1.807, 2.05) is 66.7 Å². The molecule has 1 unspecified atom stereocenters. The zero-order chi connectivity index (χ0) is 23.8. The number of benzene rings is 2. The van der Waals surface area contributed by atoms with Gasteiger partial charge in [-0.3, -0.25) is 4.98 Å². The molecule has 1 atom stereocenters. The van der Waals surface area contributed by atoms with Gasteiger partial charge in [0.1, 0.15) is 12.0 Å². The predicted molar refractivity (Wildman–Crippen MR) is 139 cm³/mol. The highest BCUT2D eigenvalue weighted by Gasteiger charge is 2.19. The van der Waals surface area contributed by atoms with Crippen LogP contribution in [0.25, 0.3) is 33.6 Å². The van der Waals surface area contributed by atoms with Crippen LogP contribution in [0.4, 0.5) is 15.9 Å². The van der Waals surface area contributed by atoms with E-state index in [4.69, 9.17) is 15.7 Å². The number of nitrogens with one attached hydrogen (secondary N) is 1. The molecule has 0 radical (unpaired) electrons. The summed E-state index contributed by atoms with van der Waals surface area (Å²) in [6.45, 7) is 0. The fraction of sp³-hybridized carbons (Fsp3) is 0.138. The Morgan fingerprint density at radius 3 is 2.69 bits per heavy atom. The van der Waals surface area contributed by atoms with Crippen molar-refractivity contribution in [3.8, 4) is 11.4 Å². The SMILES string of the molecule is NC(=C1CC1)c1ccccc1Nc1nc(-c2cccnc2)nc2cc(C3=CC(F)CC=C3)ccc12. The van der Waals surface area contributed by atoms with E-state index in [9.17, 15) is 4.39 Å². The molecule has 0 aliphatic heterocycles. The Balaban J connectivity index is 1.50. The average molecular weight is 462 g/mol. The van der Waals surface area contributed by atoms with Crippen LogP contribution in [-0.2, 0) is 0 Å². The topological polar surface area (TPSA) is 76.7 Å². The van der Waals surface area contributed by atoms with Crippen molar-refractivity contribution in [1.82, 2.24) is 15.0 Å². The first-order valence-electron chi connectivity index (χ1n) is 11.7. The Labute approximate surface area is 203 Å².